The molecule has 2 atom stereocenters. The number of halogens is 1. The lowest BCUT2D eigenvalue weighted by Gasteiger charge is -2.27. The Labute approximate surface area is 384 Å². The predicted molar refractivity (Wildman–Crippen MR) is 251 cm³/mol. The van der Waals surface area contributed by atoms with Gasteiger partial charge in [-0.05, 0) is 83.3 Å². The largest absolute Gasteiger partial charge is 0.502 e. The number of fused-ring (bicyclic) bond motifs is 2. The van der Waals surface area contributed by atoms with Gasteiger partial charge in [0.2, 0.25) is 16.6 Å². The quantitative estimate of drug-likeness (QED) is 0.100. The molecule has 2 fully saturated rings. The Bertz CT molecular complexity index is 2900. The first-order valence-electron chi connectivity index (χ1n) is 21.8. The fourth-order valence-corrected chi connectivity index (χ4v) is 12.2. The highest BCUT2D eigenvalue weighted by molar-refractivity contribution is 7.93. The minimum atomic E-state index is -2.73. The molecule has 15 heteroatoms. The molecule has 2 aromatic heterocycles. The van der Waals surface area contributed by atoms with Crippen LogP contribution in [0.2, 0.25) is 0 Å². The highest BCUT2D eigenvalue weighted by atomic mass is 35.5. The maximum absolute atomic E-state index is 12.7. The van der Waals surface area contributed by atoms with Gasteiger partial charge < -0.3 is 18.7 Å². The second kappa shape index (κ2) is 20.3. The first-order chi connectivity index (χ1) is 31.3. The molecule has 0 spiro atoms. The van der Waals surface area contributed by atoms with Crippen molar-refractivity contribution in [3.63, 3.8) is 0 Å². The summed E-state index contributed by atoms with van der Waals surface area (Å²) in [7, 11) is -5.31. The van der Waals surface area contributed by atoms with E-state index >= 15 is 0 Å². The van der Waals surface area contributed by atoms with Crippen LogP contribution in [0, 0.1) is 9.56 Å². The third-order valence-electron chi connectivity index (χ3n) is 12.4. The van der Waals surface area contributed by atoms with Crippen molar-refractivity contribution in [3.05, 3.63) is 187 Å². The molecule has 0 amide bonds. The molecule has 0 radical (unpaired) electrons. The number of benzene rings is 4. The van der Waals surface area contributed by atoms with Crippen molar-refractivity contribution >= 4 is 31.1 Å². The van der Waals surface area contributed by atoms with Gasteiger partial charge in [-0.3, -0.25) is 19.4 Å². The van der Waals surface area contributed by atoms with Gasteiger partial charge in [0.25, 0.3) is 0 Å². The van der Waals surface area contributed by atoms with Crippen molar-refractivity contribution in [1.29, 1.82) is 9.56 Å². The summed E-state index contributed by atoms with van der Waals surface area (Å²) in [6.07, 6.45) is 8.23. The summed E-state index contributed by atoms with van der Waals surface area (Å²) >= 11 is 5.68. The van der Waals surface area contributed by atoms with E-state index in [2.05, 4.69) is 34.1 Å². The van der Waals surface area contributed by atoms with Crippen molar-refractivity contribution in [1.82, 2.24) is 9.80 Å². The Hall–Kier alpha value is -5.51. The van der Waals surface area contributed by atoms with Crippen molar-refractivity contribution < 1.29 is 27.1 Å². The maximum Gasteiger partial charge on any atom is 0.227 e. The van der Waals surface area contributed by atoms with Gasteiger partial charge in [-0.15, -0.1) is 11.6 Å². The molecule has 4 aromatic carbocycles. The molecule has 6 aromatic rings. The third kappa shape index (κ3) is 11.1. The molecular weight excluding hydrogens is 884 g/mol. The topological polar surface area (TPSA) is 178 Å². The van der Waals surface area contributed by atoms with Crippen molar-refractivity contribution in [3.8, 4) is 11.5 Å². The second-order valence-electron chi connectivity index (χ2n) is 17.0. The number of alkyl halides is 1. The van der Waals surface area contributed by atoms with Crippen LogP contribution in [0.1, 0.15) is 83.4 Å². The molecule has 4 heterocycles. The molecule has 2 aliphatic carbocycles. The van der Waals surface area contributed by atoms with Crippen LogP contribution in [0.5, 0.6) is 11.5 Å². The standard InChI is InChI=1S/C25H26N2O4S.C14H13NO3.C11H14ClNOS/c26-32(29,22-6-3-7-22)23-10-8-18(9-11-23)16-31-25-17-30-21(12-24(25)28)15-27-13-19-4-1-2-5-20(19)14-27;16-13-5-12(18-9-14(13)17)8-15-6-10-3-1-2-4-11(10)7-15;12-8-9-4-6-11(7-5-9)15(13,14)10-2-1-3-10/h1-2,4-5,8-12,17,22,26H,3,6-7,13-16H2;1-5,9,17H,6-8H2;4-7,10,13H,1-3,8H2. The van der Waals surface area contributed by atoms with Crippen LogP contribution in [0.15, 0.2) is 150 Å². The average molecular weight is 938 g/mol. The van der Waals surface area contributed by atoms with Gasteiger partial charge in [0, 0.05) is 64.5 Å². The zero-order valence-electron chi connectivity index (χ0n) is 36.0. The van der Waals surface area contributed by atoms with Gasteiger partial charge in [-0.1, -0.05) is 85.6 Å². The summed E-state index contributed by atoms with van der Waals surface area (Å²) < 4.78 is 57.6. The fourth-order valence-electron chi connectivity index (χ4n) is 8.15. The highest BCUT2D eigenvalue weighted by Crippen LogP contribution is 2.33. The van der Waals surface area contributed by atoms with Crippen molar-refractivity contribution in [2.45, 2.75) is 111 Å². The average Bonchev–Trinajstić information content (AvgIpc) is 3.87. The number of nitrogens with zero attached hydrogens (tertiary/aromatic N) is 2. The molecule has 4 aliphatic rings. The van der Waals surface area contributed by atoms with E-state index in [4.69, 9.17) is 39.8 Å². The monoisotopic (exact) mass is 936 g/mol. The number of hydrogen-bond acceptors (Lipinski definition) is 12. The number of aromatic hydroxyl groups is 1. The summed E-state index contributed by atoms with van der Waals surface area (Å²) in [6.45, 7) is 4.76. The van der Waals surface area contributed by atoms with E-state index in [9.17, 15) is 18.0 Å². The van der Waals surface area contributed by atoms with Crippen LogP contribution in [0.3, 0.4) is 0 Å². The summed E-state index contributed by atoms with van der Waals surface area (Å²) in [5.41, 5.74) is 6.51. The number of ether oxygens (including phenoxy) is 1. The molecule has 65 heavy (non-hydrogen) atoms. The Morgan fingerprint density at radius 2 is 1.03 bits per heavy atom. The van der Waals surface area contributed by atoms with Gasteiger partial charge in [-0.25, -0.2) is 18.0 Å². The lowest BCUT2D eigenvalue weighted by Crippen LogP contribution is -2.27. The van der Waals surface area contributed by atoms with Gasteiger partial charge >= 0.3 is 0 Å². The molecule has 0 saturated heterocycles. The van der Waals surface area contributed by atoms with Gasteiger partial charge in [-0.2, -0.15) is 0 Å². The van der Waals surface area contributed by atoms with Crippen LogP contribution < -0.4 is 15.6 Å². The SMILES string of the molecule is N=S(=O)(c1ccc(CCl)cc1)C1CCC1.N=S(=O)(c1ccc(COc2coc(CN3Cc4ccccc4C3)cc2=O)cc1)C1CCC1.O=c1cc(CN2Cc3ccccc3C2)occ1O. The molecule has 10 rings (SSSR count). The molecule has 340 valence electrons. The molecule has 0 bridgehead atoms. The smallest absolute Gasteiger partial charge is 0.227 e. The van der Waals surface area contributed by atoms with E-state index in [0.29, 0.717) is 40.3 Å². The van der Waals surface area contributed by atoms with Crippen LogP contribution in [0.4, 0.5) is 0 Å². The first-order valence-corrected chi connectivity index (χ1v) is 25.6. The number of hydrogen-bond donors (Lipinski definition) is 3. The van der Waals surface area contributed by atoms with Crippen LogP contribution in [-0.2, 0) is 71.2 Å². The van der Waals surface area contributed by atoms with E-state index in [-0.39, 0.29) is 34.0 Å². The zero-order valence-corrected chi connectivity index (χ0v) is 38.4. The number of nitrogens with one attached hydrogen (secondary N) is 2. The van der Waals surface area contributed by atoms with Crippen LogP contribution >= 0.6 is 11.6 Å². The molecule has 12 nitrogen and oxygen atoms in total. The van der Waals surface area contributed by atoms with Gasteiger partial charge in [0.15, 0.2) is 5.75 Å². The Morgan fingerprint density at radius 1 is 0.615 bits per heavy atom. The Balaban J connectivity index is 0.000000147. The molecule has 2 saturated carbocycles. The minimum absolute atomic E-state index is 0.0255. The normalized spacial score (nSPS) is 17.7. The summed E-state index contributed by atoms with van der Waals surface area (Å²) in [5.74, 6) is 1.47. The van der Waals surface area contributed by atoms with Crippen molar-refractivity contribution in [2.24, 2.45) is 0 Å². The summed E-state index contributed by atoms with van der Waals surface area (Å²) in [4.78, 5) is 29.4. The minimum Gasteiger partial charge on any atom is -0.502 e. The lowest BCUT2D eigenvalue weighted by molar-refractivity contribution is 0.241. The molecule has 2 unspecified atom stereocenters. The van der Waals surface area contributed by atoms with Gasteiger partial charge in [0.05, 0.1) is 32.5 Å². The zero-order chi connectivity index (χ0) is 45.6. The Morgan fingerprint density at radius 3 is 1.42 bits per heavy atom. The molecule has 3 N–H and O–H groups in total. The second-order valence-corrected chi connectivity index (χ2v) is 22.0. The van der Waals surface area contributed by atoms with E-state index in [1.807, 2.05) is 48.5 Å². The first kappa shape index (κ1) is 46.0. The van der Waals surface area contributed by atoms with E-state index in [0.717, 1.165) is 82.1 Å². The van der Waals surface area contributed by atoms with Gasteiger partial charge in [0.1, 0.15) is 30.7 Å². The van der Waals surface area contributed by atoms with E-state index in [1.54, 1.807) is 24.3 Å². The predicted octanol–water partition coefficient (Wildman–Crippen LogP) is 9.94. The van der Waals surface area contributed by atoms with Crippen molar-refractivity contribution in [2.75, 3.05) is 0 Å². The molecule has 2 aliphatic heterocycles. The van der Waals surface area contributed by atoms with Crippen LogP contribution in [0.25, 0.3) is 0 Å². The lowest BCUT2D eigenvalue weighted by atomic mass is 10.00. The summed E-state index contributed by atoms with van der Waals surface area (Å²) in [6, 6.07) is 33.9. The molecular formula is C50H53ClN4O8S2. The highest BCUT2D eigenvalue weighted by Gasteiger charge is 2.30. The summed E-state index contributed by atoms with van der Waals surface area (Å²) in [5, 5.41) is 9.17. The Kier molecular flexibility index (Phi) is 14.4. The van der Waals surface area contributed by atoms with E-state index < -0.39 is 24.9 Å². The van der Waals surface area contributed by atoms with Crippen LogP contribution in [-0.4, -0.2) is 33.8 Å². The van der Waals surface area contributed by atoms with E-state index in [1.165, 1.54) is 40.6 Å². The fraction of sp³-hybridized carbons (Fsp3) is 0.320. The third-order valence-corrected chi connectivity index (χ3v) is 17.5. The number of rotatable bonds is 12. The maximum atomic E-state index is 12.7.